The molecule has 3 N–H and O–H groups in total. The molecule has 0 aromatic heterocycles. The molecule has 0 fully saturated rings. The van der Waals surface area contributed by atoms with Crippen molar-refractivity contribution < 1.29 is 80.2 Å². The van der Waals surface area contributed by atoms with Crippen LogP contribution in [0.5, 0.6) is 0 Å². The Hall–Kier alpha value is -1.94. The molecule has 3 unspecified atom stereocenters. The van der Waals surface area contributed by atoms with Crippen molar-refractivity contribution in [2.24, 2.45) is 23.7 Å². The van der Waals surface area contributed by atoms with E-state index in [0.717, 1.165) is 120 Å². The van der Waals surface area contributed by atoms with E-state index < -0.39 is 97.5 Å². The second kappa shape index (κ2) is 69.1. The molecular formula is C80H156O17P2. The highest BCUT2D eigenvalue weighted by Gasteiger charge is 2.30. The fraction of sp³-hybridized carbons (Fsp3) is 0.950. The third kappa shape index (κ3) is 72.8. The minimum Gasteiger partial charge on any atom is -0.462 e. The number of ether oxygens (including phenoxy) is 4. The molecule has 0 rings (SSSR count). The van der Waals surface area contributed by atoms with Crippen LogP contribution in [-0.4, -0.2) is 96.7 Å². The van der Waals surface area contributed by atoms with E-state index in [9.17, 15) is 43.2 Å². The summed E-state index contributed by atoms with van der Waals surface area (Å²) in [7, 11) is -9.92. The molecule has 0 aliphatic rings. The highest BCUT2D eigenvalue weighted by atomic mass is 31.2. The summed E-state index contributed by atoms with van der Waals surface area (Å²) in [4.78, 5) is 73.0. The first-order valence-electron chi connectivity index (χ1n) is 41.2. The van der Waals surface area contributed by atoms with E-state index in [4.69, 9.17) is 37.0 Å². The van der Waals surface area contributed by atoms with Crippen LogP contribution in [0.1, 0.15) is 409 Å². The van der Waals surface area contributed by atoms with Gasteiger partial charge in [0, 0.05) is 25.7 Å². The van der Waals surface area contributed by atoms with E-state index in [0.29, 0.717) is 25.7 Å². The minimum absolute atomic E-state index is 0.106. The van der Waals surface area contributed by atoms with Crippen LogP contribution in [-0.2, 0) is 65.4 Å². The number of rotatable bonds is 77. The smallest absolute Gasteiger partial charge is 0.462 e. The topological polar surface area (TPSA) is 237 Å². The van der Waals surface area contributed by atoms with Gasteiger partial charge in [-0.05, 0) is 49.4 Å². The molecule has 17 nitrogen and oxygen atoms in total. The van der Waals surface area contributed by atoms with Gasteiger partial charge in [0.25, 0.3) is 0 Å². The normalized spacial score (nSPS) is 14.3. The first-order chi connectivity index (χ1) is 47.6. The molecule has 0 saturated carbocycles. The van der Waals surface area contributed by atoms with Crippen LogP contribution in [0.15, 0.2) is 0 Å². The lowest BCUT2D eigenvalue weighted by atomic mass is 10.00. The molecule has 0 bridgehead atoms. The van der Waals surface area contributed by atoms with Gasteiger partial charge in [-0.25, -0.2) is 9.13 Å². The van der Waals surface area contributed by atoms with Crippen LogP contribution in [0.25, 0.3) is 0 Å². The third-order valence-corrected chi connectivity index (χ3v) is 20.8. The highest BCUT2D eigenvalue weighted by Crippen LogP contribution is 2.45. The Kier molecular flexibility index (Phi) is 67.8. The summed E-state index contributed by atoms with van der Waals surface area (Å²) in [6.45, 7) is 14.2. The molecule has 19 heteroatoms. The van der Waals surface area contributed by atoms with Crippen LogP contribution < -0.4 is 0 Å². The van der Waals surface area contributed by atoms with Gasteiger partial charge in [0.2, 0.25) is 0 Å². The Morgan fingerprint density at radius 1 is 0.283 bits per heavy atom. The van der Waals surface area contributed by atoms with Crippen molar-refractivity contribution in [2.45, 2.75) is 427 Å². The maximum atomic E-state index is 13.1. The van der Waals surface area contributed by atoms with E-state index in [1.54, 1.807) is 0 Å². The van der Waals surface area contributed by atoms with E-state index in [2.05, 4.69) is 55.4 Å². The van der Waals surface area contributed by atoms with Gasteiger partial charge >= 0.3 is 39.5 Å². The minimum atomic E-state index is -4.96. The van der Waals surface area contributed by atoms with Crippen LogP contribution in [0, 0.1) is 23.7 Å². The van der Waals surface area contributed by atoms with Gasteiger partial charge in [-0.2, -0.15) is 0 Å². The summed E-state index contributed by atoms with van der Waals surface area (Å²) in [5.74, 6) is 0.975. The average molecular weight is 1450 g/mol. The number of unbranched alkanes of at least 4 members (excludes halogenated alkanes) is 42. The molecule has 0 spiro atoms. The zero-order valence-corrected chi connectivity index (χ0v) is 66.9. The predicted octanol–water partition coefficient (Wildman–Crippen LogP) is 23.6. The van der Waals surface area contributed by atoms with Gasteiger partial charge < -0.3 is 33.8 Å². The van der Waals surface area contributed by atoms with Crippen LogP contribution in [0.4, 0.5) is 0 Å². The molecule has 0 aliphatic carbocycles. The van der Waals surface area contributed by atoms with Crippen molar-refractivity contribution in [1.82, 2.24) is 0 Å². The lowest BCUT2D eigenvalue weighted by molar-refractivity contribution is -0.161. The molecule has 0 aromatic carbocycles. The first kappa shape index (κ1) is 97.1. The zero-order valence-electron chi connectivity index (χ0n) is 65.1. The van der Waals surface area contributed by atoms with Crippen LogP contribution in [0.2, 0.25) is 0 Å². The van der Waals surface area contributed by atoms with E-state index in [1.165, 1.54) is 205 Å². The monoisotopic (exact) mass is 1450 g/mol. The van der Waals surface area contributed by atoms with Crippen molar-refractivity contribution in [1.29, 1.82) is 0 Å². The highest BCUT2D eigenvalue weighted by molar-refractivity contribution is 7.47. The largest absolute Gasteiger partial charge is 0.472 e. The van der Waals surface area contributed by atoms with Gasteiger partial charge in [0.1, 0.15) is 19.3 Å². The van der Waals surface area contributed by atoms with Crippen molar-refractivity contribution >= 4 is 39.5 Å². The third-order valence-electron chi connectivity index (χ3n) is 18.9. The number of esters is 4. The van der Waals surface area contributed by atoms with Crippen molar-refractivity contribution in [3.8, 4) is 0 Å². The number of phosphoric ester groups is 2. The van der Waals surface area contributed by atoms with E-state index in [-0.39, 0.29) is 25.7 Å². The maximum Gasteiger partial charge on any atom is 0.472 e. The van der Waals surface area contributed by atoms with E-state index in [1.807, 2.05) is 0 Å². The number of carbonyl (C=O) groups is 4. The lowest BCUT2D eigenvalue weighted by Crippen LogP contribution is -2.30. The molecular weight excluding hydrogens is 1290 g/mol. The quantitative estimate of drug-likeness (QED) is 0.0222. The summed E-state index contributed by atoms with van der Waals surface area (Å²) in [6.07, 6.45) is 55.5. The predicted molar refractivity (Wildman–Crippen MR) is 404 cm³/mol. The summed E-state index contributed by atoms with van der Waals surface area (Å²) in [5, 5.41) is 10.6. The number of aliphatic hydroxyl groups is 1. The van der Waals surface area contributed by atoms with Gasteiger partial charge in [-0.1, -0.05) is 357 Å². The summed E-state index contributed by atoms with van der Waals surface area (Å²) < 4.78 is 68.7. The van der Waals surface area contributed by atoms with Crippen molar-refractivity contribution in [3.05, 3.63) is 0 Å². The second-order valence-electron chi connectivity index (χ2n) is 30.5. The Labute approximate surface area is 607 Å². The summed E-state index contributed by atoms with van der Waals surface area (Å²) in [6, 6.07) is 0. The average Bonchev–Trinajstić information content (AvgIpc) is 1.00. The molecule has 0 aliphatic heterocycles. The standard InChI is InChI=1S/C80H156O17P2/c1-9-73(8)59-51-43-38-39-45-53-61-78(83)91-67-76(97-79(84)62-54-46-36-30-23-19-13-11-10-12-16-20-26-32-40-48-56-70(2)3)69-95-99(88,89)93-65-74(81)64-92-98(86,87)94-68-75(96-80(85)63-55-47-37-31-25-24-28-34-42-50-58-72(6)7)66-90-77(82)60-52-44-35-29-22-18-15-14-17-21-27-33-41-49-57-71(4)5/h70-76,81H,9-69H2,1-8H3,(H,86,87)(H,88,89)/t73?,74-,75-,76-/m1/s1. The lowest BCUT2D eigenvalue weighted by Gasteiger charge is -2.21. The van der Waals surface area contributed by atoms with Crippen molar-refractivity contribution in [2.75, 3.05) is 39.6 Å². The summed E-state index contributed by atoms with van der Waals surface area (Å²) >= 11 is 0. The zero-order chi connectivity index (χ0) is 73.1. The Balaban J connectivity index is 5.22. The van der Waals surface area contributed by atoms with Gasteiger partial charge in [-0.15, -0.1) is 0 Å². The molecule has 99 heavy (non-hydrogen) atoms. The molecule has 0 amide bonds. The molecule has 588 valence electrons. The van der Waals surface area contributed by atoms with Gasteiger partial charge in [-0.3, -0.25) is 37.3 Å². The number of phosphoric acid groups is 2. The summed E-state index contributed by atoms with van der Waals surface area (Å²) in [5.41, 5.74) is 0. The SMILES string of the molecule is CCC(C)CCCCCCCCC(=O)OC[C@H](COP(=O)(O)OC[C@H](O)COP(=O)(O)OC[C@@H](COC(=O)CCCCCCCCCCCCCCCCC(C)C)OC(=O)CCCCCCCCCCCCC(C)C)OC(=O)CCCCCCCCCCCCCCCCCCC(C)C. The Morgan fingerprint density at radius 3 is 0.717 bits per heavy atom. The van der Waals surface area contributed by atoms with E-state index >= 15 is 0 Å². The number of carbonyl (C=O) groups excluding carboxylic acids is 4. The molecule has 0 saturated heterocycles. The Bertz CT molecular complexity index is 1940. The van der Waals surface area contributed by atoms with Crippen molar-refractivity contribution in [3.63, 3.8) is 0 Å². The molecule has 0 aromatic rings. The van der Waals surface area contributed by atoms with Crippen LogP contribution >= 0.6 is 15.6 Å². The number of hydrogen-bond acceptors (Lipinski definition) is 15. The molecule has 0 radical (unpaired) electrons. The molecule has 0 heterocycles. The first-order valence-corrected chi connectivity index (χ1v) is 44.2. The number of hydrogen-bond donors (Lipinski definition) is 3. The molecule has 6 atom stereocenters. The number of aliphatic hydroxyl groups excluding tert-OH is 1. The van der Waals surface area contributed by atoms with Gasteiger partial charge in [0.15, 0.2) is 12.2 Å². The fourth-order valence-corrected chi connectivity index (χ4v) is 13.8. The van der Waals surface area contributed by atoms with Gasteiger partial charge in [0.05, 0.1) is 26.4 Å². The van der Waals surface area contributed by atoms with Crippen LogP contribution in [0.3, 0.4) is 0 Å². The maximum absolute atomic E-state index is 13.1. The Morgan fingerprint density at radius 2 is 0.485 bits per heavy atom. The fourth-order valence-electron chi connectivity index (χ4n) is 12.2. The second-order valence-corrected chi connectivity index (χ2v) is 33.4.